The minimum absolute atomic E-state index is 0.0343. The lowest BCUT2D eigenvalue weighted by atomic mass is 10.0. The fraction of sp³-hybridized carbons (Fsp3) is 0.261. The molecule has 1 fully saturated rings. The van der Waals surface area contributed by atoms with Gasteiger partial charge in [0.25, 0.3) is 5.91 Å². The van der Waals surface area contributed by atoms with E-state index in [4.69, 9.17) is 4.74 Å². The Balaban J connectivity index is 1.47. The van der Waals surface area contributed by atoms with E-state index in [1.165, 1.54) is 5.56 Å². The van der Waals surface area contributed by atoms with Gasteiger partial charge in [-0.25, -0.2) is 0 Å². The zero-order valence-corrected chi connectivity index (χ0v) is 15.4. The molecular formula is C23H24N2O2. The molecule has 4 rings (SSSR count). The number of benzene rings is 3. The minimum atomic E-state index is -0.0343. The SMILES string of the molecule is O=C(NCc1ccccc1CN1CCOCC1)c1cccc2ccccc12. The summed E-state index contributed by atoms with van der Waals surface area (Å²) in [5.41, 5.74) is 3.15. The minimum Gasteiger partial charge on any atom is -0.379 e. The molecular weight excluding hydrogens is 336 g/mol. The van der Waals surface area contributed by atoms with E-state index in [0.717, 1.165) is 54.7 Å². The van der Waals surface area contributed by atoms with Crippen molar-refractivity contribution >= 4 is 16.7 Å². The molecule has 0 aromatic heterocycles. The number of hydrogen-bond donors (Lipinski definition) is 1. The zero-order valence-electron chi connectivity index (χ0n) is 15.4. The quantitative estimate of drug-likeness (QED) is 0.756. The van der Waals surface area contributed by atoms with Crippen LogP contribution in [0.1, 0.15) is 21.5 Å². The van der Waals surface area contributed by atoms with E-state index in [-0.39, 0.29) is 5.91 Å². The molecule has 0 atom stereocenters. The van der Waals surface area contributed by atoms with E-state index in [0.29, 0.717) is 6.54 Å². The topological polar surface area (TPSA) is 41.6 Å². The van der Waals surface area contributed by atoms with Crippen molar-refractivity contribution in [2.24, 2.45) is 0 Å². The van der Waals surface area contributed by atoms with E-state index in [2.05, 4.69) is 28.4 Å². The number of hydrogen-bond acceptors (Lipinski definition) is 3. The highest BCUT2D eigenvalue weighted by Gasteiger charge is 2.14. The summed E-state index contributed by atoms with van der Waals surface area (Å²) in [5, 5.41) is 5.17. The first-order valence-corrected chi connectivity index (χ1v) is 9.44. The van der Waals surface area contributed by atoms with Gasteiger partial charge in [-0.1, -0.05) is 60.7 Å². The number of morpholine rings is 1. The molecule has 0 saturated carbocycles. The zero-order chi connectivity index (χ0) is 18.5. The van der Waals surface area contributed by atoms with Crippen molar-refractivity contribution in [1.82, 2.24) is 10.2 Å². The maximum atomic E-state index is 12.8. The Morgan fingerprint density at radius 1 is 0.889 bits per heavy atom. The van der Waals surface area contributed by atoms with Crippen molar-refractivity contribution in [3.63, 3.8) is 0 Å². The molecule has 1 aliphatic rings. The molecule has 4 nitrogen and oxygen atoms in total. The van der Waals surface area contributed by atoms with Crippen LogP contribution in [0.2, 0.25) is 0 Å². The molecule has 1 aliphatic heterocycles. The number of ether oxygens (including phenoxy) is 1. The number of amides is 1. The summed E-state index contributed by atoms with van der Waals surface area (Å²) >= 11 is 0. The number of nitrogens with one attached hydrogen (secondary N) is 1. The molecule has 0 aliphatic carbocycles. The fourth-order valence-corrected chi connectivity index (χ4v) is 3.58. The Kier molecular flexibility index (Phi) is 5.47. The van der Waals surface area contributed by atoms with Gasteiger partial charge in [-0.2, -0.15) is 0 Å². The first-order valence-electron chi connectivity index (χ1n) is 9.44. The Hall–Kier alpha value is -2.69. The van der Waals surface area contributed by atoms with Crippen molar-refractivity contribution in [3.8, 4) is 0 Å². The molecule has 3 aromatic rings. The first kappa shape index (κ1) is 17.7. The predicted molar refractivity (Wildman–Crippen MR) is 108 cm³/mol. The molecule has 1 amide bonds. The summed E-state index contributed by atoms with van der Waals surface area (Å²) in [7, 11) is 0. The average Bonchev–Trinajstić information content (AvgIpc) is 2.73. The van der Waals surface area contributed by atoms with Crippen LogP contribution >= 0.6 is 0 Å². The van der Waals surface area contributed by atoms with Crippen LogP contribution in [0, 0.1) is 0 Å². The third-order valence-electron chi connectivity index (χ3n) is 5.09. The van der Waals surface area contributed by atoms with Gasteiger partial charge in [0.05, 0.1) is 13.2 Å². The highest BCUT2D eigenvalue weighted by molar-refractivity contribution is 6.06. The fourth-order valence-electron chi connectivity index (χ4n) is 3.58. The summed E-state index contributed by atoms with van der Waals surface area (Å²) < 4.78 is 5.43. The van der Waals surface area contributed by atoms with Gasteiger partial charge in [0.15, 0.2) is 0 Å². The number of carbonyl (C=O) groups excluding carboxylic acids is 1. The molecule has 4 heteroatoms. The lowest BCUT2D eigenvalue weighted by Gasteiger charge is -2.27. The maximum Gasteiger partial charge on any atom is 0.252 e. The van der Waals surface area contributed by atoms with Crippen molar-refractivity contribution in [2.45, 2.75) is 13.1 Å². The third-order valence-corrected chi connectivity index (χ3v) is 5.09. The van der Waals surface area contributed by atoms with E-state index in [1.807, 2.05) is 48.5 Å². The van der Waals surface area contributed by atoms with Gasteiger partial charge >= 0.3 is 0 Å². The number of carbonyl (C=O) groups is 1. The third kappa shape index (κ3) is 4.18. The van der Waals surface area contributed by atoms with Gasteiger partial charge in [-0.05, 0) is 28.0 Å². The molecule has 0 bridgehead atoms. The molecule has 0 spiro atoms. The monoisotopic (exact) mass is 360 g/mol. The van der Waals surface area contributed by atoms with Gasteiger partial charge < -0.3 is 10.1 Å². The van der Waals surface area contributed by atoms with E-state index in [9.17, 15) is 4.79 Å². The average molecular weight is 360 g/mol. The Morgan fingerprint density at radius 3 is 2.44 bits per heavy atom. The molecule has 3 aromatic carbocycles. The van der Waals surface area contributed by atoms with Crippen molar-refractivity contribution in [2.75, 3.05) is 26.3 Å². The number of nitrogens with zero attached hydrogens (tertiary/aromatic N) is 1. The highest BCUT2D eigenvalue weighted by atomic mass is 16.5. The van der Waals surface area contributed by atoms with Crippen LogP contribution in [-0.2, 0) is 17.8 Å². The second-order valence-corrected chi connectivity index (χ2v) is 6.87. The maximum absolute atomic E-state index is 12.8. The van der Waals surface area contributed by atoms with Crippen molar-refractivity contribution < 1.29 is 9.53 Å². The Labute approximate surface area is 159 Å². The Morgan fingerprint density at radius 2 is 1.59 bits per heavy atom. The molecule has 0 radical (unpaired) electrons. The predicted octanol–water partition coefficient (Wildman–Crippen LogP) is 3.60. The number of fused-ring (bicyclic) bond motifs is 1. The lowest BCUT2D eigenvalue weighted by Crippen LogP contribution is -2.36. The van der Waals surface area contributed by atoms with Crippen LogP contribution in [0.3, 0.4) is 0 Å². The summed E-state index contributed by atoms with van der Waals surface area (Å²) in [6, 6.07) is 22.2. The first-order chi connectivity index (χ1) is 13.3. The van der Waals surface area contributed by atoms with Crippen molar-refractivity contribution in [3.05, 3.63) is 83.4 Å². The summed E-state index contributed by atoms with van der Waals surface area (Å²) in [4.78, 5) is 15.2. The molecule has 1 heterocycles. The van der Waals surface area contributed by atoms with E-state index in [1.54, 1.807) is 0 Å². The largest absolute Gasteiger partial charge is 0.379 e. The van der Waals surface area contributed by atoms with E-state index < -0.39 is 0 Å². The van der Waals surface area contributed by atoms with E-state index >= 15 is 0 Å². The lowest BCUT2D eigenvalue weighted by molar-refractivity contribution is 0.0340. The molecule has 27 heavy (non-hydrogen) atoms. The summed E-state index contributed by atoms with van der Waals surface area (Å²) in [6.07, 6.45) is 0. The Bertz CT molecular complexity index is 927. The van der Waals surface area contributed by atoms with Crippen molar-refractivity contribution in [1.29, 1.82) is 0 Å². The second kappa shape index (κ2) is 8.33. The van der Waals surface area contributed by atoms with Gasteiger partial charge in [0, 0.05) is 31.7 Å². The van der Waals surface area contributed by atoms with Crippen LogP contribution in [0.15, 0.2) is 66.7 Å². The summed E-state index contributed by atoms with van der Waals surface area (Å²) in [5.74, 6) is -0.0343. The van der Waals surface area contributed by atoms with Gasteiger partial charge in [-0.15, -0.1) is 0 Å². The van der Waals surface area contributed by atoms with Crippen LogP contribution in [0.5, 0.6) is 0 Å². The van der Waals surface area contributed by atoms with Crippen LogP contribution in [0.25, 0.3) is 10.8 Å². The second-order valence-electron chi connectivity index (χ2n) is 6.87. The van der Waals surface area contributed by atoms with Crippen LogP contribution in [-0.4, -0.2) is 37.1 Å². The molecule has 1 saturated heterocycles. The van der Waals surface area contributed by atoms with Crippen LogP contribution in [0.4, 0.5) is 0 Å². The molecule has 0 unspecified atom stereocenters. The highest BCUT2D eigenvalue weighted by Crippen LogP contribution is 2.19. The number of rotatable bonds is 5. The van der Waals surface area contributed by atoms with Crippen LogP contribution < -0.4 is 5.32 Å². The smallest absolute Gasteiger partial charge is 0.252 e. The van der Waals surface area contributed by atoms with Gasteiger partial charge in [-0.3, -0.25) is 9.69 Å². The van der Waals surface area contributed by atoms with Gasteiger partial charge in [0.1, 0.15) is 0 Å². The molecule has 1 N–H and O–H groups in total. The normalized spacial score (nSPS) is 15.0. The van der Waals surface area contributed by atoms with Gasteiger partial charge in [0.2, 0.25) is 0 Å². The standard InChI is InChI=1S/C23H24N2O2/c26-23(22-11-5-9-18-6-3-4-10-21(18)22)24-16-19-7-1-2-8-20(19)17-25-12-14-27-15-13-25/h1-11H,12-17H2,(H,24,26). The summed E-state index contributed by atoms with van der Waals surface area (Å²) in [6.45, 7) is 4.92. The molecule has 138 valence electrons.